The van der Waals surface area contributed by atoms with Gasteiger partial charge >= 0.3 is 0 Å². The number of benzene rings is 1. The number of nitrogens with zero attached hydrogens (tertiary/aromatic N) is 1. The first kappa shape index (κ1) is 16.4. The van der Waals surface area contributed by atoms with Crippen molar-refractivity contribution < 1.29 is 9.18 Å². The molecule has 0 saturated heterocycles. The molecule has 120 valence electrons. The summed E-state index contributed by atoms with van der Waals surface area (Å²) in [5, 5.41) is 3.55. The lowest BCUT2D eigenvalue weighted by Crippen LogP contribution is -2.07. The van der Waals surface area contributed by atoms with Crippen LogP contribution in [0.2, 0.25) is 0 Å². The summed E-state index contributed by atoms with van der Waals surface area (Å²) < 4.78 is 14.2. The van der Waals surface area contributed by atoms with Gasteiger partial charge in [0.1, 0.15) is 10.8 Å². The fourth-order valence-electron chi connectivity index (χ4n) is 1.90. The largest absolute Gasteiger partial charge is 0.322 e. The maximum atomic E-state index is 13.1. The summed E-state index contributed by atoms with van der Waals surface area (Å²) in [4.78, 5) is 17.1. The molecule has 0 fully saturated rings. The van der Waals surface area contributed by atoms with E-state index in [9.17, 15) is 9.18 Å². The van der Waals surface area contributed by atoms with Gasteiger partial charge in [-0.1, -0.05) is 23.9 Å². The van der Waals surface area contributed by atoms with Gasteiger partial charge in [-0.05, 0) is 48.5 Å². The summed E-state index contributed by atoms with van der Waals surface area (Å²) in [6, 6.07) is 15.5. The van der Waals surface area contributed by atoms with E-state index in [1.807, 2.05) is 30.3 Å². The highest BCUT2D eigenvalue weighted by molar-refractivity contribution is 8.01. The second-order valence-electron chi connectivity index (χ2n) is 4.76. The molecule has 0 spiro atoms. The van der Waals surface area contributed by atoms with Crippen molar-refractivity contribution in [3.63, 3.8) is 0 Å². The smallest absolute Gasteiger partial charge is 0.248 e. The van der Waals surface area contributed by atoms with Gasteiger partial charge in [0.05, 0.1) is 4.21 Å². The fourth-order valence-corrected chi connectivity index (χ4v) is 3.85. The lowest BCUT2D eigenvalue weighted by atomic mass is 10.3. The Morgan fingerprint density at radius 2 is 2.08 bits per heavy atom. The van der Waals surface area contributed by atoms with Crippen molar-refractivity contribution in [2.24, 2.45) is 0 Å². The summed E-state index contributed by atoms with van der Waals surface area (Å²) >= 11 is 3.15. The second-order valence-corrected chi connectivity index (χ2v) is 7.20. The first-order valence-electron chi connectivity index (χ1n) is 7.12. The molecular weight excluding hydrogens is 343 g/mol. The topological polar surface area (TPSA) is 42.0 Å². The molecule has 0 bridgehead atoms. The number of hydrogen-bond donors (Lipinski definition) is 1. The van der Waals surface area contributed by atoms with Crippen LogP contribution >= 0.6 is 23.1 Å². The van der Waals surface area contributed by atoms with Crippen molar-refractivity contribution >= 4 is 40.8 Å². The Morgan fingerprint density at radius 1 is 1.17 bits per heavy atom. The molecule has 6 heteroatoms. The lowest BCUT2D eigenvalue weighted by Gasteiger charge is -2.01. The molecule has 1 aromatic carbocycles. The van der Waals surface area contributed by atoms with Crippen molar-refractivity contribution in [2.45, 2.75) is 9.24 Å². The Kier molecular flexibility index (Phi) is 5.40. The number of rotatable bonds is 5. The maximum Gasteiger partial charge on any atom is 0.248 e. The zero-order valence-corrected chi connectivity index (χ0v) is 14.1. The Balaban J connectivity index is 1.59. The lowest BCUT2D eigenvalue weighted by molar-refractivity contribution is -0.111. The molecule has 3 rings (SSSR count). The van der Waals surface area contributed by atoms with Crippen LogP contribution in [-0.4, -0.2) is 10.9 Å². The molecule has 3 nitrogen and oxygen atoms in total. The first-order chi connectivity index (χ1) is 11.7. The Bertz CT molecular complexity index is 862. The maximum absolute atomic E-state index is 13.1. The number of thiophene rings is 1. The third kappa shape index (κ3) is 4.78. The molecule has 0 atom stereocenters. The molecule has 2 heterocycles. The van der Waals surface area contributed by atoms with Crippen LogP contribution in [0.3, 0.4) is 0 Å². The minimum absolute atomic E-state index is 0.298. The summed E-state index contributed by atoms with van der Waals surface area (Å²) in [7, 11) is 0. The van der Waals surface area contributed by atoms with Crippen LogP contribution in [0.4, 0.5) is 10.1 Å². The van der Waals surface area contributed by atoms with Gasteiger partial charge < -0.3 is 5.32 Å². The van der Waals surface area contributed by atoms with Crippen LogP contribution in [0.15, 0.2) is 76.1 Å². The predicted molar refractivity (Wildman–Crippen MR) is 96.7 cm³/mol. The molecule has 3 aromatic rings. The number of carbonyl (C=O) groups excluding carboxylic acids is 1. The SMILES string of the molecule is O=C(/C=C/c1ccc(Sc2ccccn2)s1)Nc1cccc(F)c1. The van der Waals surface area contributed by atoms with E-state index in [0.717, 1.165) is 14.1 Å². The molecule has 0 radical (unpaired) electrons. The fraction of sp³-hybridized carbons (Fsp3) is 0. The zero-order chi connectivity index (χ0) is 16.8. The summed E-state index contributed by atoms with van der Waals surface area (Å²) in [5.74, 6) is -0.681. The molecule has 0 unspecified atom stereocenters. The Labute approximate surface area is 147 Å². The summed E-state index contributed by atoms with van der Waals surface area (Å²) in [5.41, 5.74) is 0.433. The highest BCUT2D eigenvalue weighted by Crippen LogP contribution is 2.32. The van der Waals surface area contributed by atoms with Crippen molar-refractivity contribution in [1.29, 1.82) is 0 Å². The van der Waals surface area contributed by atoms with Crippen molar-refractivity contribution in [3.8, 4) is 0 Å². The first-order valence-corrected chi connectivity index (χ1v) is 8.76. The Morgan fingerprint density at radius 3 is 2.88 bits per heavy atom. The van der Waals surface area contributed by atoms with Gasteiger partial charge in [-0.25, -0.2) is 9.37 Å². The van der Waals surface area contributed by atoms with E-state index in [1.165, 1.54) is 18.2 Å². The van der Waals surface area contributed by atoms with E-state index in [1.54, 1.807) is 47.5 Å². The predicted octanol–water partition coefficient (Wildman–Crippen LogP) is 5.09. The molecule has 0 aliphatic carbocycles. The average Bonchev–Trinajstić information content (AvgIpc) is 3.01. The number of hydrogen-bond acceptors (Lipinski definition) is 4. The minimum atomic E-state index is -0.383. The van der Waals surface area contributed by atoms with E-state index in [0.29, 0.717) is 5.69 Å². The summed E-state index contributed by atoms with van der Waals surface area (Å²) in [6.07, 6.45) is 4.93. The normalized spacial score (nSPS) is 10.9. The highest BCUT2D eigenvalue weighted by atomic mass is 32.2. The minimum Gasteiger partial charge on any atom is -0.322 e. The van der Waals surface area contributed by atoms with Crippen molar-refractivity contribution in [3.05, 3.63) is 77.6 Å². The molecule has 1 amide bonds. The number of anilines is 1. The molecule has 0 saturated carbocycles. The molecule has 0 aliphatic rings. The monoisotopic (exact) mass is 356 g/mol. The van der Waals surface area contributed by atoms with E-state index in [2.05, 4.69) is 10.3 Å². The van der Waals surface area contributed by atoms with Crippen LogP contribution in [0.5, 0.6) is 0 Å². The van der Waals surface area contributed by atoms with Gasteiger partial charge in [-0.3, -0.25) is 4.79 Å². The Hall–Kier alpha value is -2.44. The van der Waals surface area contributed by atoms with Crippen molar-refractivity contribution in [1.82, 2.24) is 4.98 Å². The molecular formula is C18H13FN2OS2. The third-order valence-corrected chi connectivity index (χ3v) is 5.07. The van der Waals surface area contributed by atoms with Gasteiger partial charge in [0.25, 0.3) is 0 Å². The highest BCUT2D eigenvalue weighted by Gasteiger charge is 2.03. The van der Waals surface area contributed by atoms with Gasteiger partial charge in [-0.15, -0.1) is 11.3 Å². The second kappa shape index (κ2) is 7.90. The number of nitrogens with one attached hydrogen (secondary N) is 1. The van der Waals surface area contributed by atoms with Gasteiger partial charge in [0.2, 0.25) is 5.91 Å². The molecule has 0 aliphatic heterocycles. The zero-order valence-electron chi connectivity index (χ0n) is 12.5. The number of halogens is 1. The third-order valence-electron chi connectivity index (χ3n) is 2.94. The molecule has 1 N–H and O–H groups in total. The number of carbonyl (C=O) groups is 1. The number of pyridine rings is 1. The quantitative estimate of drug-likeness (QED) is 0.648. The van der Waals surface area contributed by atoms with Gasteiger partial charge in [0.15, 0.2) is 0 Å². The average molecular weight is 356 g/mol. The number of aromatic nitrogens is 1. The van der Waals surface area contributed by atoms with Crippen LogP contribution in [0, 0.1) is 5.82 Å². The number of amides is 1. The summed E-state index contributed by atoms with van der Waals surface area (Å²) in [6.45, 7) is 0. The standard InChI is InChI=1S/C18H13FN2OS2/c19-13-4-3-5-14(12-13)21-16(22)9-7-15-8-10-18(23-15)24-17-6-1-2-11-20-17/h1-12H,(H,21,22)/b9-7+. The molecule has 2 aromatic heterocycles. The van der Waals surface area contributed by atoms with E-state index in [-0.39, 0.29) is 11.7 Å². The van der Waals surface area contributed by atoms with Crippen LogP contribution in [0.1, 0.15) is 4.88 Å². The molecule has 24 heavy (non-hydrogen) atoms. The van der Waals surface area contributed by atoms with E-state index >= 15 is 0 Å². The van der Waals surface area contributed by atoms with E-state index in [4.69, 9.17) is 0 Å². The van der Waals surface area contributed by atoms with Crippen LogP contribution in [-0.2, 0) is 4.79 Å². The van der Waals surface area contributed by atoms with Crippen LogP contribution < -0.4 is 5.32 Å². The van der Waals surface area contributed by atoms with Crippen LogP contribution in [0.25, 0.3) is 6.08 Å². The van der Waals surface area contributed by atoms with E-state index < -0.39 is 0 Å². The van der Waals surface area contributed by atoms with Gasteiger partial charge in [-0.2, -0.15) is 0 Å². The van der Waals surface area contributed by atoms with Crippen molar-refractivity contribution in [2.75, 3.05) is 5.32 Å². The van der Waals surface area contributed by atoms with Gasteiger partial charge in [0, 0.05) is 22.8 Å².